The van der Waals surface area contributed by atoms with Crippen LogP contribution in [-0.4, -0.2) is 16.3 Å². The number of rotatable bonds is 0. The van der Waals surface area contributed by atoms with E-state index in [0.29, 0.717) is 0 Å². The van der Waals surface area contributed by atoms with Crippen LogP contribution in [0.1, 0.15) is 0 Å². The second kappa shape index (κ2) is 48.1. The molecule has 0 rings (SSSR count). The van der Waals surface area contributed by atoms with Crippen LogP contribution in [-0.2, 0) is 9.13 Å². The molecule has 0 aliphatic rings. The zero-order valence-electron chi connectivity index (χ0n) is 4.10. The predicted octanol–water partition coefficient (Wildman–Crippen LogP) is -0.690. The summed E-state index contributed by atoms with van der Waals surface area (Å²) in [7, 11) is -2.17. The average Bonchev–Trinajstić information content (AvgIpc) is 1.75. The molecule has 7 heteroatoms. The van der Waals surface area contributed by atoms with E-state index in [-0.39, 0.29) is 0 Å². The van der Waals surface area contributed by atoms with E-state index < -0.39 is 17.4 Å². The Morgan fingerprint density at radius 1 is 1.12 bits per heavy atom. The zero-order chi connectivity index (χ0) is 7.41. The molecule has 0 unspecified atom stereocenters. The molecule has 0 saturated carbocycles. The van der Waals surface area contributed by atoms with Gasteiger partial charge in [0.05, 0.1) is 17.4 Å². The Morgan fingerprint density at radius 2 is 1.12 bits per heavy atom. The van der Waals surface area contributed by atoms with Gasteiger partial charge in [0.25, 0.3) is 0 Å². The van der Waals surface area contributed by atoms with Gasteiger partial charge in [-0.05, 0) is 0 Å². The van der Waals surface area contributed by atoms with E-state index in [1.54, 1.807) is 0 Å². The second-order valence-corrected chi connectivity index (χ2v) is 0.447. The summed E-state index contributed by atoms with van der Waals surface area (Å²) in [5.41, 5.74) is 0. The summed E-state index contributed by atoms with van der Waals surface area (Å²) in [6, 6.07) is 0. The van der Waals surface area contributed by atoms with E-state index in [1.807, 2.05) is 5.79 Å². The maximum absolute atomic E-state index is 8.35. The van der Waals surface area contributed by atoms with Crippen molar-refractivity contribution in [2.24, 2.45) is 0 Å². The number of hydrogen-bond acceptors (Lipinski definition) is 4. The first kappa shape index (κ1) is 15.9. The third-order valence-electron chi connectivity index (χ3n) is 0. The van der Waals surface area contributed by atoms with Gasteiger partial charge in [0.1, 0.15) is 0 Å². The van der Waals surface area contributed by atoms with Gasteiger partial charge in [-0.2, -0.15) is 0 Å². The van der Waals surface area contributed by atoms with Crippen LogP contribution in [0, 0.1) is 0 Å². The van der Waals surface area contributed by atoms with Crippen LogP contribution in [0.4, 0.5) is 0 Å². The molecule has 0 N–H and O–H groups in total. The average molecular weight is 168 g/mol. The van der Waals surface area contributed by atoms with Gasteiger partial charge in [0.2, 0.25) is 0 Å². The minimum atomic E-state index is -1.08. The molecule has 0 heterocycles. The maximum atomic E-state index is 8.35. The summed E-state index contributed by atoms with van der Waals surface area (Å²) in [4.78, 5) is 16.7. The molecule has 0 amide bonds. The monoisotopic (exact) mass is 168 g/mol. The van der Waals surface area contributed by atoms with Crippen LogP contribution >= 0.6 is 17.4 Å². The fourth-order valence-corrected chi connectivity index (χ4v) is 0. The van der Waals surface area contributed by atoms with E-state index in [0.717, 1.165) is 0 Å². The Morgan fingerprint density at radius 3 is 1.12 bits per heavy atom. The van der Waals surface area contributed by atoms with Crippen LogP contribution < -0.4 is 9.79 Å². The summed E-state index contributed by atoms with van der Waals surface area (Å²) in [6.07, 6.45) is 0. The quantitative estimate of drug-likeness (QED) is 0.354. The molecule has 0 fully saturated rings. The summed E-state index contributed by atoms with van der Waals surface area (Å²) < 4.78 is 16.7. The molecule has 0 spiro atoms. The normalized spacial score (nSPS) is 6.12. The summed E-state index contributed by atoms with van der Waals surface area (Å²) in [5.74, 6) is 1.92. The van der Waals surface area contributed by atoms with E-state index >= 15 is 0 Å². The van der Waals surface area contributed by atoms with Crippen molar-refractivity contribution >= 4 is 33.7 Å². The van der Waals surface area contributed by atoms with E-state index in [1.165, 1.54) is 0 Å². The van der Waals surface area contributed by atoms with Gasteiger partial charge < -0.3 is 9.79 Å². The topological polar surface area (TPSA) is 80.3 Å². The molecule has 8 heavy (non-hydrogen) atoms. The van der Waals surface area contributed by atoms with Gasteiger partial charge in [-0.25, -0.2) is 0 Å². The van der Waals surface area contributed by atoms with Crippen molar-refractivity contribution in [2.45, 2.75) is 5.79 Å². The van der Waals surface area contributed by atoms with Gasteiger partial charge in [-0.3, -0.25) is 9.13 Å². The molecular weight excluding hydrogens is 165 g/mol. The predicted molar refractivity (Wildman–Crippen MR) is 26.8 cm³/mol. The Balaban J connectivity index is -0.0000000483. The molecule has 0 atom stereocenters. The molecule has 0 radical (unpaired) electrons. The van der Waals surface area contributed by atoms with Crippen molar-refractivity contribution in [3.63, 3.8) is 0 Å². The first-order chi connectivity index (χ1) is 3.83. The zero-order valence-corrected chi connectivity index (χ0v) is 7.05. The van der Waals surface area contributed by atoms with E-state index in [4.69, 9.17) is 18.9 Å². The molecule has 44 valence electrons. The van der Waals surface area contributed by atoms with Crippen molar-refractivity contribution < 1.29 is 18.9 Å². The fourth-order valence-electron chi connectivity index (χ4n) is 0. The van der Waals surface area contributed by atoms with Crippen molar-refractivity contribution in [3.8, 4) is 0 Å². The van der Waals surface area contributed by atoms with Gasteiger partial charge in [0, 0.05) is 0 Å². The third kappa shape index (κ3) is 499. The van der Waals surface area contributed by atoms with Gasteiger partial charge >= 0.3 is 22.1 Å². The van der Waals surface area contributed by atoms with Crippen molar-refractivity contribution in [1.82, 2.24) is 0 Å². The fraction of sp³-hybridized carbons (Fsp3) is 1.00. The van der Waals surface area contributed by atoms with Crippen molar-refractivity contribution in [1.29, 1.82) is 0 Å². The Bertz CT molecular complexity index is 35.0. The van der Waals surface area contributed by atoms with Gasteiger partial charge in [-0.1, -0.05) is 0 Å². The van der Waals surface area contributed by atoms with Crippen LogP contribution in [0.15, 0.2) is 0 Å². The van der Waals surface area contributed by atoms with Crippen LogP contribution in [0.25, 0.3) is 0 Å². The summed E-state index contributed by atoms with van der Waals surface area (Å²) >= 11 is 2.42. The number of hydrogen-bond donors (Lipinski definition) is 0. The standard InChI is InChI=1S/CH3.Al.2HO2P/c;;2*1-3-2/h1H3;;2*(H,1,2)/q;+2;;/p-2. The molecule has 0 bridgehead atoms. The molecule has 0 aromatic rings. The SMILES string of the molecule is O=P[O-].O=P[O-].[CH3][Al+2]. The molecule has 0 aromatic heterocycles. The summed E-state index contributed by atoms with van der Waals surface area (Å²) in [5, 5.41) is 0. The molecule has 0 aliphatic heterocycles. The Kier molecular flexibility index (Phi) is 95.4. The Labute approximate surface area is 58.9 Å². The second-order valence-electron chi connectivity index (χ2n) is 0.149. The molecule has 4 nitrogen and oxygen atoms in total. The van der Waals surface area contributed by atoms with Crippen molar-refractivity contribution in [2.75, 3.05) is 0 Å². The van der Waals surface area contributed by atoms with Crippen LogP contribution in [0.5, 0.6) is 0 Å². The van der Waals surface area contributed by atoms with Crippen LogP contribution in [0.3, 0.4) is 0 Å². The summed E-state index contributed by atoms with van der Waals surface area (Å²) in [6.45, 7) is 0. The molecule has 0 aliphatic carbocycles. The van der Waals surface area contributed by atoms with Gasteiger partial charge in [0.15, 0.2) is 0 Å². The van der Waals surface area contributed by atoms with Crippen LogP contribution in [0.2, 0.25) is 5.79 Å². The Hall–Kier alpha value is 0.652. The minimum absolute atomic E-state index is 1.08. The molecule has 0 aromatic carbocycles. The van der Waals surface area contributed by atoms with E-state index in [2.05, 4.69) is 16.3 Å². The third-order valence-corrected chi connectivity index (χ3v) is 0. The first-order valence-corrected chi connectivity index (χ1v) is 3.92. The van der Waals surface area contributed by atoms with Gasteiger partial charge in [-0.15, -0.1) is 0 Å². The molecular formula is CH3AlO4P2. The van der Waals surface area contributed by atoms with Crippen molar-refractivity contribution in [3.05, 3.63) is 0 Å². The molecule has 0 saturated heterocycles. The first-order valence-electron chi connectivity index (χ1n) is 1.31. The van der Waals surface area contributed by atoms with E-state index in [9.17, 15) is 0 Å².